The van der Waals surface area contributed by atoms with Crippen molar-refractivity contribution < 1.29 is 18.8 Å². The second kappa shape index (κ2) is 19.3. The third-order valence-corrected chi connectivity index (χ3v) is 8.59. The van der Waals surface area contributed by atoms with Gasteiger partial charge in [-0.05, 0) is 80.0 Å². The van der Waals surface area contributed by atoms with Gasteiger partial charge in [0, 0.05) is 30.9 Å². The molecule has 3 amide bonds. The van der Waals surface area contributed by atoms with E-state index in [2.05, 4.69) is 24.1 Å². The molecular formula is C39H50FN5O3. The lowest BCUT2D eigenvalue weighted by atomic mass is 9.74. The van der Waals surface area contributed by atoms with E-state index in [1.54, 1.807) is 35.4 Å². The summed E-state index contributed by atoms with van der Waals surface area (Å²) in [6.07, 6.45) is 12.4. The van der Waals surface area contributed by atoms with Crippen molar-refractivity contribution in [1.29, 1.82) is 5.26 Å². The molecule has 1 saturated carbocycles. The van der Waals surface area contributed by atoms with E-state index in [1.165, 1.54) is 29.9 Å². The molecule has 1 N–H and O–H groups in total. The molecule has 1 aromatic heterocycles. The van der Waals surface area contributed by atoms with Crippen LogP contribution in [0.3, 0.4) is 0 Å². The van der Waals surface area contributed by atoms with Crippen LogP contribution in [0, 0.1) is 17.1 Å². The van der Waals surface area contributed by atoms with Gasteiger partial charge in [-0.3, -0.25) is 24.2 Å². The van der Waals surface area contributed by atoms with Gasteiger partial charge < -0.3 is 5.32 Å². The summed E-state index contributed by atoms with van der Waals surface area (Å²) in [6.45, 7) is 8.96. The van der Waals surface area contributed by atoms with Gasteiger partial charge in [-0.25, -0.2) is 9.37 Å². The third kappa shape index (κ3) is 9.27. The van der Waals surface area contributed by atoms with Crippen LogP contribution in [0.2, 0.25) is 0 Å². The van der Waals surface area contributed by atoms with Crippen molar-refractivity contribution in [3.05, 3.63) is 89.4 Å². The molecule has 1 aliphatic heterocycles. The molecule has 6 rings (SSSR count). The molecule has 2 aromatic carbocycles. The summed E-state index contributed by atoms with van der Waals surface area (Å²) in [5, 5.41) is 11.9. The molecule has 48 heavy (non-hydrogen) atoms. The number of carbonyl (C=O) groups is 3. The number of hydrogen-bond donors (Lipinski definition) is 1. The van der Waals surface area contributed by atoms with Crippen LogP contribution in [0.4, 0.5) is 15.9 Å². The van der Waals surface area contributed by atoms with Crippen LogP contribution < -0.4 is 15.1 Å². The Hall–Kier alpha value is -4.58. The highest BCUT2D eigenvalue weighted by Gasteiger charge is 2.49. The first-order valence-corrected chi connectivity index (χ1v) is 17.4. The Labute approximate surface area is 285 Å². The SMILES string of the molecule is CC.CCC.N#Cc1ccnc(N2CCCC2=O)c1.O=CN(c1cccc(F)c1)C1(C(=O)NC2CCCCC2)CCCc2ccccc21. The average molecular weight is 656 g/mol. The van der Waals surface area contributed by atoms with E-state index in [9.17, 15) is 18.8 Å². The summed E-state index contributed by atoms with van der Waals surface area (Å²) in [7, 11) is 0. The third-order valence-electron chi connectivity index (χ3n) is 8.59. The molecule has 0 spiro atoms. The number of aryl methyl sites for hydroxylation is 1. The van der Waals surface area contributed by atoms with Crippen molar-refractivity contribution in [3.63, 3.8) is 0 Å². The van der Waals surface area contributed by atoms with Crippen LogP contribution in [0.5, 0.6) is 0 Å². The Morgan fingerprint density at radius 3 is 2.42 bits per heavy atom. The van der Waals surface area contributed by atoms with Crippen molar-refractivity contribution in [2.75, 3.05) is 16.3 Å². The van der Waals surface area contributed by atoms with Crippen LogP contribution in [0.15, 0.2) is 66.9 Å². The number of aromatic nitrogens is 1. The minimum atomic E-state index is -1.16. The highest BCUT2D eigenvalue weighted by atomic mass is 19.1. The van der Waals surface area contributed by atoms with Gasteiger partial charge >= 0.3 is 0 Å². The van der Waals surface area contributed by atoms with Gasteiger partial charge in [-0.2, -0.15) is 5.26 Å². The van der Waals surface area contributed by atoms with E-state index in [4.69, 9.17) is 5.26 Å². The number of fused-ring (bicyclic) bond motifs is 1. The molecule has 1 atom stereocenters. The molecule has 1 saturated heterocycles. The molecule has 256 valence electrons. The molecule has 2 heterocycles. The van der Waals surface area contributed by atoms with Gasteiger partial charge in [0.1, 0.15) is 11.6 Å². The minimum absolute atomic E-state index is 0.0904. The van der Waals surface area contributed by atoms with E-state index < -0.39 is 11.4 Å². The van der Waals surface area contributed by atoms with Gasteiger partial charge in [0.05, 0.1) is 11.6 Å². The Kier molecular flexibility index (Phi) is 15.2. The number of nitriles is 1. The fourth-order valence-electron chi connectivity index (χ4n) is 6.48. The fourth-order valence-corrected chi connectivity index (χ4v) is 6.48. The van der Waals surface area contributed by atoms with E-state index in [-0.39, 0.29) is 17.9 Å². The van der Waals surface area contributed by atoms with Crippen molar-refractivity contribution in [2.45, 2.75) is 110 Å². The van der Waals surface area contributed by atoms with Crippen LogP contribution in [-0.4, -0.2) is 35.8 Å². The quantitative estimate of drug-likeness (QED) is 0.271. The van der Waals surface area contributed by atoms with E-state index in [0.717, 1.165) is 56.1 Å². The number of pyridine rings is 1. The van der Waals surface area contributed by atoms with Gasteiger partial charge in [-0.15, -0.1) is 0 Å². The van der Waals surface area contributed by atoms with Gasteiger partial charge in [0.2, 0.25) is 12.3 Å². The number of amides is 3. The number of rotatable bonds is 6. The molecule has 1 unspecified atom stereocenters. The summed E-state index contributed by atoms with van der Waals surface area (Å²) in [6, 6.07) is 19.2. The molecule has 2 aliphatic carbocycles. The number of nitrogens with zero attached hydrogens (tertiary/aromatic N) is 4. The van der Waals surface area contributed by atoms with Crippen LogP contribution >= 0.6 is 0 Å². The van der Waals surface area contributed by atoms with E-state index >= 15 is 0 Å². The zero-order valence-corrected chi connectivity index (χ0v) is 28.9. The maximum absolute atomic E-state index is 14.0. The van der Waals surface area contributed by atoms with Gasteiger partial charge in [-0.1, -0.05) is 83.7 Å². The fraction of sp³-hybridized carbons (Fsp3) is 0.462. The summed E-state index contributed by atoms with van der Waals surface area (Å²) in [5.41, 5.74) is 1.68. The molecule has 0 bridgehead atoms. The maximum Gasteiger partial charge on any atom is 0.251 e. The van der Waals surface area contributed by atoms with Crippen LogP contribution in [0.1, 0.15) is 109 Å². The first-order chi connectivity index (χ1) is 23.4. The Bertz CT molecular complexity index is 1530. The predicted molar refractivity (Wildman–Crippen MR) is 189 cm³/mol. The van der Waals surface area contributed by atoms with Crippen molar-refractivity contribution in [3.8, 4) is 6.07 Å². The lowest BCUT2D eigenvalue weighted by Crippen LogP contribution is -2.59. The molecule has 0 radical (unpaired) electrons. The molecule has 8 nitrogen and oxygen atoms in total. The summed E-state index contributed by atoms with van der Waals surface area (Å²) >= 11 is 0. The van der Waals surface area contributed by atoms with E-state index in [0.29, 0.717) is 42.9 Å². The summed E-state index contributed by atoms with van der Waals surface area (Å²) in [4.78, 5) is 44.7. The number of carbonyl (C=O) groups excluding carboxylic acids is 3. The Balaban J connectivity index is 0.000000274. The topological polar surface area (TPSA) is 106 Å². The minimum Gasteiger partial charge on any atom is -0.351 e. The van der Waals surface area contributed by atoms with Crippen molar-refractivity contribution >= 4 is 29.7 Å². The van der Waals surface area contributed by atoms with Gasteiger partial charge in [0.25, 0.3) is 5.91 Å². The number of hydrogen-bond acceptors (Lipinski definition) is 5. The second-order valence-electron chi connectivity index (χ2n) is 12.0. The normalized spacial score (nSPS) is 18.2. The highest BCUT2D eigenvalue weighted by Crippen LogP contribution is 2.42. The lowest BCUT2D eigenvalue weighted by molar-refractivity contribution is -0.130. The first-order valence-electron chi connectivity index (χ1n) is 17.4. The number of benzene rings is 2. The van der Waals surface area contributed by atoms with Crippen LogP contribution in [-0.2, 0) is 26.3 Å². The Morgan fingerprint density at radius 1 is 1.04 bits per heavy atom. The largest absolute Gasteiger partial charge is 0.351 e. The van der Waals surface area contributed by atoms with Gasteiger partial charge in [0.15, 0.2) is 5.54 Å². The predicted octanol–water partition coefficient (Wildman–Crippen LogP) is 7.99. The summed E-state index contributed by atoms with van der Waals surface area (Å²) < 4.78 is 14.0. The number of halogens is 1. The second-order valence-corrected chi connectivity index (χ2v) is 12.0. The molecule has 3 aliphatic rings. The van der Waals surface area contributed by atoms with E-state index in [1.807, 2.05) is 44.2 Å². The first kappa shape index (κ1) is 37.9. The average Bonchev–Trinajstić information content (AvgIpc) is 3.56. The number of anilines is 2. The molecule has 2 fully saturated rings. The molecule has 3 aromatic rings. The zero-order valence-electron chi connectivity index (χ0n) is 28.9. The zero-order chi connectivity index (χ0) is 34.9. The number of nitrogens with one attached hydrogen (secondary N) is 1. The monoisotopic (exact) mass is 655 g/mol. The van der Waals surface area contributed by atoms with Crippen molar-refractivity contribution in [1.82, 2.24) is 10.3 Å². The lowest BCUT2D eigenvalue weighted by Gasteiger charge is -2.45. The Morgan fingerprint density at radius 2 is 1.77 bits per heavy atom. The standard InChI is InChI=1S/C24H27FN2O2.C10H9N3O.C3H8.C2H6/c25-19-10-6-13-21(16-19)27(17-28)24(23(29)26-20-11-2-1-3-12-20)15-7-9-18-8-4-5-14-22(18)24;11-7-8-3-4-12-9(6-8)13-5-1-2-10(13)14;1-3-2;1-2/h4-6,8,10,13-14,16-17,20H,1-3,7,9,11-12,15H2,(H,26,29);3-4,6H,1-2,5H2;3H2,1-2H3;1-2H3. The maximum atomic E-state index is 14.0. The molecule has 9 heteroatoms. The van der Waals surface area contributed by atoms with Crippen LogP contribution in [0.25, 0.3) is 0 Å². The smallest absolute Gasteiger partial charge is 0.251 e. The van der Waals surface area contributed by atoms with Crippen molar-refractivity contribution in [2.24, 2.45) is 0 Å². The molecular weight excluding hydrogens is 605 g/mol. The summed E-state index contributed by atoms with van der Waals surface area (Å²) in [5.74, 6) is 0.0911. The highest BCUT2D eigenvalue weighted by molar-refractivity contribution is 5.98.